The summed E-state index contributed by atoms with van der Waals surface area (Å²) in [6, 6.07) is 3.18. The molecule has 0 amide bonds. The number of nitrogens with zero attached hydrogens (tertiary/aromatic N) is 3. The van der Waals surface area contributed by atoms with Gasteiger partial charge in [-0.2, -0.15) is 4.37 Å². The van der Waals surface area contributed by atoms with Gasteiger partial charge in [0.1, 0.15) is 12.0 Å². The second-order valence-electron chi connectivity index (χ2n) is 2.96. The fraction of sp³-hybridized carbons (Fsp3) is 0.111. The van der Waals surface area contributed by atoms with E-state index in [1.165, 1.54) is 30.1 Å². The molecule has 0 radical (unpaired) electrons. The smallest absolute Gasteiger partial charge is 0.354 e. The fourth-order valence-electron chi connectivity index (χ4n) is 1.08. The average Bonchev–Trinajstić information content (AvgIpc) is 2.80. The van der Waals surface area contributed by atoms with E-state index >= 15 is 0 Å². The molecule has 7 heteroatoms. The van der Waals surface area contributed by atoms with Crippen molar-refractivity contribution in [2.24, 2.45) is 0 Å². The van der Waals surface area contributed by atoms with Crippen LogP contribution in [0.4, 0.5) is 5.13 Å². The number of carbonyl (C=O) groups is 1. The Kier molecular flexibility index (Phi) is 3.06. The standard InChI is InChI=1S/C9H8N4O2S/c14-8(15)7-2-1-6(3-10-7)4-11-9-12-5-13-16-9/h1-3,5H,4H2,(H,14,15)(H,11,12,13). The number of hydrogen-bond donors (Lipinski definition) is 2. The number of carboxylic acids is 1. The summed E-state index contributed by atoms with van der Waals surface area (Å²) < 4.78 is 3.85. The molecule has 82 valence electrons. The van der Waals surface area contributed by atoms with Gasteiger partial charge in [-0.05, 0) is 11.6 Å². The molecule has 0 fully saturated rings. The molecule has 2 N–H and O–H groups in total. The molecular weight excluding hydrogens is 228 g/mol. The van der Waals surface area contributed by atoms with Crippen LogP contribution < -0.4 is 5.32 Å². The SMILES string of the molecule is O=C(O)c1ccc(CNc2ncns2)cn1. The van der Waals surface area contributed by atoms with E-state index in [-0.39, 0.29) is 5.69 Å². The van der Waals surface area contributed by atoms with Crippen molar-refractivity contribution in [1.82, 2.24) is 14.3 Å². The van der Waals surface area contributed by atoms with Crippen molar-refractivity contribution in [2.75, 3.05) is 5.32 Å². The van der Waals surface area contributed by atoms with E-state index in [1.54, 1.807) is 6.07 Å². The van der Waals surface area contributed by atoms with Gasteiger partial charge >= 0.3 is 5.97 Å². The molecule has 0 aliphatic heterocycles. The summed E-state index contributed by atoms with van der Waals surface area (Å²) in [5.74, 6) is -1.02. The molecule has 2 aromatic rings. The van der Waals surface area contributed by atoms with Crippen LogP contribution in [-0.4, -0.2) is 25.4 Å². The van der Waals surface area contributed by atoms with Crippen molar-refractivity contribution in [3.63, 3.8) is 0 Å². The minimum Gasteiger partial charge on any atom is -0.477 e. The van der Waals surface area contributed by atoms with E-state index in [4.69, 9.17) is 5.11 Å². The first-order chi connectivity index (χ1) is 7.75. The Morgan fingerprint density at radius 2 is 2.31 bits per heavy atom. The van der Waals surface area contributed by atoms with E-state index in [9.17, 15) is 4.79 Å². The first-order valence-corrected chi connectivity index (χ1v) is 5.22. The minimum absolute atomic E-state index is 0.0414. The quantitative estimate of drug-likeness (QED) is 0.830. The third-order valence-electron chi connectivity index (χ3n) is 1.85. The lowest BCUT2D eigenvalue weighted by Crippen LogP contribution is -2.03. The zero-order valence-electron chi connectivity index (χ0n) is 8.12. The normalized spacial score (nSPS) is 10.0. The van der Waals surface area contributed by atoms with Crippen LogP contribution in [0.3, 0.4) is 0 Å². The van der Waals surface area contributed by atoms with E-state index < -0.39 is 5.97 Å². The Bertz CT molecular complexity index is 469. The van der Waals surface area contributed by atoms with Gasteiger partial charge in [0.2, 0.25) is 5.13 Å². The maximum absolute atomic E-state index is 10.6. The summed E-state index contributed by atoms with van der Waals surface area (Å²) >= 11 is 1.26. The molecular formula is C9H8N4O2S. The third kappa shape index (κ3) is 2.51. The second kappa shape index (κ2) is 4.67. The highest BCUT2D eigenvalue weighted by molar-refractivity contribution is 7.09. The number of nitrogens with one attached hydrogen (secondary N) is 1. The summed E-state index contributed by atoms with van der Waals surface area (Å²) in [7, 11) is 0. The zero-order valence-corrected chi connectivity index (χ0v) is 8.94. The van der Waals surface area contributed by atoms with Gasteiger partial charge in [-0.25, -0.2) is 14.8 Å². The van der Waals surface area contributed by atoms with Crippen molar-refractivity contribution < 1.29 is 9.90 Å². The number of hydrogen-bond acceptors (Lipinski definition) is 6. The number of aromatic carboxylic acids is 1. The van der Waals surface area contributed by atoms with Crippen molar-refractivity contribution >= 4 is 22.6 Å². The number of carboxylic acid groups (broad SMARTS) is 1. The lowest BCUT2D eigenvalue weighted by Gasteiger charge is -2.01. The Hall–Kier alpha value is -2.02. The summed E-state index contributed by atoms with van der Waals surface area (Å²) in [6.07, 6.45) is 3.00. The van der Waals surface area contributed by atoms with Crippen LogP contribution >= 0.6 is 11.5 Å². The second-order valence-corrected chi connectivity index (χ2v) is 3.74. The van der Waals surface area contributed by atoms with Crippen LogP contribution in [0, 0.1) is 0 Å². The number of pyridine rings is 1. The Morgan fingerprint density at radius 1 is 1.44 bits per heavy atom. The molecule has 0 saturated carbocycles. The van der Waals surface area contributed by atoms with E-state index in [0.29, 0.717) is 6.54 Å². The van der Waals surface area contributed by atoms with E-state index in [2.05, 4.69) is 19.7 Å². The molecule has 0 spiro atoms. The van der Waals surface area contributed by atoms with Crippen molar-refractivity contribution in [3.8, 4) is 0 Å². The largest absolute Gasteiger partial charge is 0.477 e. The molecule has 0 aliphatic carbocycles. The van der Waals surface area contributed by atoms with Crippen LogP contribution in [0.25, 0.3) is 0 Å². The number of rotatable bonds is 4. The molecule has 2 rings (SSSR count). The van der Waals surface area contributed by atoms with Gasteiger partial charge in [-0.15, -0.1) is 0 Å². The zero-order chi connectivity index (χ0) is 11.4. The highest BCUT2D eigenvalue weighted by atomic mass is 32.1. The molecule has 0 unspecified atom stereocenters. The lowest BCUT2D eigenvalue weighted by atomic mass is 10.2. The van der Waals surface area contributed by atoms with Crippen LogP contribution in [0.15, 0.2) is 24.7 Å². The molecule has 0 aromatic carbocycles. The van der Waals surface area contributed by atoms with Gasteiger partial charge in [0.05, 0.1) is 0 Å². The van der Waals surface area contributed by atoms with Crippen molar-refractivity contribution in [1.29, 1.82) is 0 Å². The van der Waals surface area contributed by atoms with E-state index in [0.717, 1.165) is 10.7 Å². The first-order valence-electron chi connectivity index (χ1n) is 4.44. The summed E-state index contributed by atoms with van der Waals surface area (Å²) in [5, 5.41) is 12.4. The Morgan fingerprint density at radius 3 is 2.88 bits per heavy atom. The molecule has 0 bridgehead atoms. The minimum atomic E-state index is -1.02. The highest BCUT2D eigenvalue weighted by Crippen LogP contribution is 2.09. The Balaban J connectivity index is 1.98. The Labute approximate surface area is 95.2 Å². The van der Waals surface area contributed by atoms with Gasteiger partial charge in [0, 0.05) is 24.3 Å². The first kappa shape index (κ1) is 10.5. The van der Waals surface area contributed by atoms with Crippen molar-refractivity contribution in [3.05, 3.63) is 35.9 Å². The summed E-state index contributed by atoms with van der Waals surface area (Å²) in [5.41, 5.74) is 0.930. The monoisotopic (exact) mass is 236 g/mol. The van der Waals surface area contributed by atoms with Crippen LogP contribution in [-0.2, 0) is 6.54 Å². The fourth-order valence-corrected chi connectivity index (χ4v) is 1.51. The predicted octanol–water partition coefficient (Wildman–Crippen LogP) is 1.24. The predicted molar refractivity (Wildman–Crippen MR) is 58.4 cm³/mol. The van der Waals surface area contributed by atoms with E-state index in [1.807, 2.05) is 0 Å². The molecule has 0 aliphatic rings. The van der Waals surface area contributed by atoms with Crippen LogP contribution in [0.1, 0.15) is 16.1 Å². The van der Waals surface area contributed by atoms with Gasteiger partial charge < -0.3 is 10.4 Å². The van der Waals surface area contributed by atoms with Gasteiger partial charge in [0.15, 0.2) is 0 Å². The maximum atomic E-state index is 10.6. The van der Waals surface area contributed by atoms with Gasteiger partial charge in [0.25, 0.3) is 0 Å². The molecule has 2 aromatic heterocycles. The molecule has 16 heavy (non-hydrogen) atoms. The summed E-state index contributed by atoms with van der Waals surface area (Å²) in [6.45, 7) is 0.544. The number of aromatic nitrogens is 3. The molecule has 6 nitrogen and oxygen atoms in total. The lowest BCUT2D eigenvalue weighted by molar-refractivity contribution is 0.0690. The van der Waals surface area contributed by atoms with Gasteiger partial charge in [-0.1, -0.05) is 6.07 Å². The topological polar surface area (TPSA) is 88.0 Å². The number of anilines is 1. The van der Waals surface area contributed by atoms with Crippen molar-refractivity contribution in [2.45, 2.75) is 6.54 Å². The summed E-state index contributed by atoms with van der Waals surface area (Å²) in [4.78, 5) is 18.3. The highest BCUT2D eigenvalue weighted by Gasteiger charge is 2.03. The van der Waals surface area contributed by atoms with Crippen LogP contribution in [0.2, 0.25) is 0 Å². The molecule has 2 heterocycles. The average molecular weight is 236 g/mol. The third-order valence-corrected chi connectivity index (χ3v) is 2.47. The molecule has 0 atom stereocenters. The maximum Gasteiger partial charge on any atom is 0.354 e. The van der Waals surface area contributed by atoms with Gasteiger partial charge in [-0.3, -0.25) is 0 Å². The molecule has 0 saturated heterocycles. The van der Waals surface area contributed by atoms with Crippen LogP contribution in [0.5, 0.6) is 0 Å².